The first-order valence-corrected chi connectivity index (χ1v) is 16.8. The van der Waals surface area contributed by atoms with Gasteiger partial charge < -0.3 is 9.13 Å². The maximum Gasteiger partial charge on any atom is 0.164 e. The van der Waals surface area contributed by atoms with Crippen LogP contribution in [0.1, 0.15) is 0 Å². The zero-order valence-electron chi connectivity index (χ0n) is 27.0. The molecular weight excluding hydrogens is 611 g/mol. The highest BCUT2D eigenvalue weighted by molar-refractivity contribution is 6.18. The molecule has 10 rings (SSSR count). The largest absolute Gasteiger partial charge is 0.317 e. The van der Waals surface area contributed by atoms with Crippen molar-refractivity contribution in [1.82, 2.24) is 24.1 Å². The van der Waals surface area contributed by atoms with E-state index in [1.54, 1.807) is 0 Å². The van der Waals surface area contributed by atoms with Gasteiger partial charge in [0.15, 0.2) is 17.5 Å². The quantitative estimate of drug-likeness (QED) is 0.188. The van der Waals surface area contributed by atoms with Crippen molar-refractivity contribution < 1.29 is 0 Å². The molecule has 0 bridgehead atoms. The smallest absolute Gasteiger partial charge is 0.164 e. The molecule has 7 aromatic carbocycles. The van der Waals surface area contributed by atoms with E-state index in [2.05, 4.69) is 125 Å². The molecule has 0 aliphatic carbocycles. The summed E-state index contributed by atoms with van der Waals surface area (Å²) < 4.78 is 4.64. The molecule has 234 valence electrons. The molecule has 0 amide bonds. The van der Waals surface area contributed by atoms with E-state index in [9.17, 15) is 0 Å². The standard InChI is InChI=1S/C45H29N5/c1-4-13-30(14-5-1)43-46-44(31-15-6-2-7-16-31)48-45(47-43)33-17-12-20-35(27-33)49-26-25-37-38-29-42-39(28-32(38)23-24-40(37)49)36-21-10-11-22-41(36)50(42)34-18-8-3-9-19-34/h1-29H. The number of benzene rings is 7. The fourth-order valence-electron chi connectivity index (χ4n) is 7.23. The summed E-state index contributed by atoms with van der Waals surface area (Å²) in [5, 5.41) is 6.16. The Balaban J connectivity index is 1.13. The van der Waals surface area contributed by atoms with Gasteiger partial charge >= 0.3 is 0 Å². The second-order valence-corrected chi connectivity index (χ2v) is 12.6. The van der Waals surface area contributed by atoms with Crippen LogP contribution in [0.15, 0.2) is 176 Å². The van der Waals surface area contributed by atoms with Crippen LogP contribution >= 0.6 is 0 Å². The van der Waals surface area contributed by atoms with E-state index in [-0.39, 0.29) is 0 Å². The third-order valence-corrected chi connectivity index (χ3v) is 9.58. The maximum absolute atomic E-state index is 4.97. The molecule has 0 fully saturated rings. The van der Waals surface area contributed by atoms with Crippen LogP contribution in [0.4, 0.5) is 0 Å². The molecule has 0 saturated heterocycles. The summed E-state index contributed by atoms with van der Waals surface area (Å²) in [7, 11) is 0. The van der Waals surface area contributed by atoms with Crippen LogP contribution in [0.25, 0.3) is 89.0 Å². The first-order valence-electron chi connectivity index (χ1n) is 16.8. The highest BCUT2D eigenvalue weighted by Crippen LogP contribution is 2.38. The summed E-state index contributed by atoms with van der Waals surface area (Å²) in [6, 6.07) is 59.4. The molecule has 0 saturated carbocycles. The van der Waals surface area contributed by atoms with Gasteiger partial charge in [0, 0.05) is 50.4 Å². The first-order chi connectivity index (χ1) is 24.8. The molecule has 5 nitrogen and oxygen atoms in total. The van der Waals surface area contributed by atoms with Crippen LogP contribution in [-0.4, -0.2) is 24.1 Å². The lowest BCUT2D eigenvalue weighted by molar-refractivity contribution is 1.07. The minimum atomic E-state index is 0.637. The van der Waals surface area contributed by atoms with Gasteiger partial charge in [0.2, 0.25) is 0 Å². The zero-order valence-corrected chi connectivity index (χ0v) is 27.0. The molecule has 0 aliphatic heterocycles. The Morgan fingerprint density at radius 1 is 0.340 bits per heavy atom. The summed E-state index contributed by atoms with van der Waals surface area (Å²) in [4.78, 5) is 14.8. The van der Waals surface area contributed by atoms with Gasteiger partial charge in [0.05, 0.1) is 16.6 Å². The average molecular weight is 640 g/mol. The van der Waals surface area contributed by atoms with Crippen molar-refractivity contribution in [3.8, 4) is 45.5 Å². The summed E-state index contributed by atoms with van der Waals surface area (Å²) in [6.45, 7) is 0. The van der Waals surface area contributed by atoms with Gasteiger partial charge in [-0.25, -0.2) is 15.0 Å². The Labute approximate surface area is 288 Å². The van der Waals surface area contributed by atoms with E-state index < -0.39 is 0 Å². The summed E-state index contributed by atoms with van der Waals surface area (Å²) in [6.07, 6.45) is 2.17. The lowest BCUT2D eigenvalue weighted by Crippen LogP contribution is -2.00. The third-order valence-electron chi connectivity index (χ3n) is 9.58. The molecule has 5 heteroatoms. The number of nitrogens with zero attached hydrogens (tertiary/aromatic N) is 5. The third kappa shape index (κ3) is 4.60. The Morgan fingerprint density at radius 2 is 0.920 bits per heavy atom. The first kappa shape index (κ1) is 28.2. The van der Waals surface area contributed by atoms with E-state index in [0.29, 0.717) is 17.5 Å². The maximum atomic E-state index is 4.97. The Bertz CT molecular complexity index is 2800. The molecule has 0 N–H and O–H groups in total. The molecule has 50 heavy (non-hydrogen) atoms. The fourth-order valence-corrected chi connectivity index (χ4v) is 7.23. The van der Waals surface area contributed by atoms with Crippen LogP contribution in [0.5, 0.6) is 0 Å². The fraction of sp³-hybridized carbons (Fsp3) is 0. The summed E-state index contributed by atoms with van der Waals surface area (Å²) in [5.74, 6) is 1.94. The van der Waals surface area contributed by atoms with Crippen LogP contribution < -0.4 is 0 Å². The molecule has 0 unspecified atom stereocenters. The van der Waals surface area contributed by atoms with Gasteiger partial charge in [-0.05, 0) is 65.4 Å². The van der Waals surface area contributed by atoms with Crippen molar-refractivity contribution in [2.24, 2.45) is 0 Å². The second-order valence-electron chi connectivity index (χ2n) is 12.6. The zero-order chi connectivity index (χ0) is 33.0. The van der Waals surface area contributed by atoms with E-state index in [1.807, 2.05) is 60.7 Å². The van der Waals surface area contributed by atoms with Gasteiger partial charge in [-0.15, -0.1) is 0 Å². The predicted octanol–water partition coefficient (Wildman–Crippen LogP) is 11.1. The molecule has 0 atom stereocenters. The van der Waals surface area contributed by atoms with Crippen LogP contribution in [0.2, 0.25) is 0 Å². The Kier molecular flexibility index (Phi) is 6.42. The van der Waals surface area contributed by atoms with Crippen molar-refractivity contribution in [3.05, 3.63) is 176 Å². The minimum Gasteiger partial charge on any atom is -0.317 e. The van der Waals surface area contributed by atoms with Gasteiger partial charge in [-0.2, -0.15) is 0 Å². The van der Waals surface area contributed by atoms with Gasteiger partial charge in [0.1, 0.15) is 0 Å². The Hall–Kier alpha value is -6.85. The van der Waals surface area contributed by atoms with E-state index >= 15 is 0 Å². The average Bonchev–Trinajstić information content (AvgIpc) is 3.77. The number of hydrogen-bond donors (Lipinski definition) is 0. The van der Waals surface area contributed by atoms with Gasteiger partial charge in [-0.3, -0.25) is 0 Å². The van der Waals surface area contributed by atoms with Crippen molar-refractivity contribution in [3.63, 3.8) is 0 Å². The highest BCUT2D eigenvalue weighted by atomic mass is 15.0. The SMILES string of the molecule is c1ccc(-c2nc(-c3ccccc3)nc(-c3cccc(-n4ccc5c6cc7c(cc6ccc54)c4ccccc4n7-c4ccccc4)c3)n2)cc1. The molecule has 3 heterocycles. The monoisotopic (exact) mass is 639 g/mol. The van der Waals surface area contributed by atoms with Gasteiger partial charge in [-0.1, -0.05) is 115 Å². The number of hydrogen-bond acceptors (Lipinski definition) is 3. The van der Waals surface area contributed by atoms with Crippen molar-refractivity contribution in [2.75, 3.05) is 0 Å². The van der Waals surface area contributed by atoms with Crippen molar-refractivity contribution in [1.29, 1.82) is 0 Å². The number of aromatic nitrogens is 5. The van der Waals surface area contributed by atoms with Crippen LogP contribution in [-0.2, 0) is 0 Å². The van der Waals surface area contributed by atoms with Crippen LogP contribution in [0, 0.1) is 0 Å². The van der Waals surface area contributed by atoms with Crippen LogP contribution in [0.3, 0.4) is 0 Å². The second kappa shape index (κ2) is 11.4. The molecule has 0 spiro atoms. The number of fused-ring (bicyclic) bond motifs is 6. The minimum absolute atomic E-state index is 0.637. The number of para-hydroxylation sites is 2. The lowest BCUT2D eigenvalue weighted by atomic mass is 10.0. The highest BCUT2D eigenvalue weighted by Gasteiger charge is 2.16. The molecule has 0 radical (unpaired) electrons. The lowest BCUT2D eigenvalue weighted by Gasteiger charge is -2.11. The van der Waals surface area contributed by atoms with E-state index in [0.717, 1.165) is 33.6 Å². The summed E-state index contributed by atoms with van der Waals surface area (Å²) >= 11 is 0. The van der Waals surface area contributed by atoms with E-state index in [1.165, 1.54) is 38.0 Å². The topological polar surface area (TPSA) is 48.5 Å². The molecule has 10 aromatic rings. The predicted molar refractivity (Wildman–Crippen MR) is 205 cm³/mol. The van der Waals surface area contributed by atoms with Crippen molar-refractivity contribution in [2.45, 2.75) is 0 Å². The van der Waals surface area contributed by atoms with E-state index in [4.69, 9.17) is 15.0 Å². The van der Waals surface area contributed by atoms with Gasteiger partial charge in [0.25, 0.3) is 0 Å². The van der Waals surface area contributed by atoms with Crippen molar-refractivity contribution >= 4 is 43.5 Å². The molecule has 0 aliphatic rings. The Morgan fingerprint density at radius 3 is 1.64 bits per heavy atom. The summed E-state index contributed by atoms with van der Waals surface area (Å²) in [5.41, 5.74) is 8.58. The number of rotatable bonds is 5. The normalized spacial score (nSPS) is 11.6. The molecule has 3 aromatic heterocycles. The molecular formula is C45H29N5.